The van der Waals surface area contributed by atoms with E-state index in [0.717, 1.165) is 5.69 Å². The van der Waals surface area contributed by atoms with Gasteiger partial charge in [-0.3, -0.25) is 0 Å². The summed E-state index contributed by atoms with van der Waals surface area (Å²) in [6.45, 7) is 4.70. The van der Waals surface area contributed by atoms with Gasteiger partial charge in [0.1, 0.15) is 0 Å². The summed E-state index contributed by atoms with van der Waals surface area (Å²) in [6, 6.07) is 186. The monoisotopic (exact) mass is 1680 g/mol. The molecule has 0 atom stereocenters. The van der Waals surface area contributed by atoms with Gasteiger partial charge in [0, 0.05) is 84.7 Å². The van der Waals surface area contributed by atoms with Gasteiger partial charge < -0.3 is 19.6 Å². The second-order valence-electron chi connectivity index (χ2n) is 33.8. The maximum Gasteiger partial charge on any atom is 0.0487 e. The van der Waals surface area contributed by atoms with Crippen LogP contribution in [0.2, 0.25) is 0 Å². The van der Waals surface area contributed by atoms with Crippen LogP contribution in [0.15, 0.2) is 522 Å². The van der Waals surface area contributed by atoms with Crippen LogP contribution >= 0.6 is 0 Å². The molecule has 0 bridgehead atoms. The van der Waals surface area contributed by atoms with Crippen LogP contribution in [0.4, 0.5) is 45.5 Å². The van der Waals surface area contributed by atoms with Crippen LogP contribution in [0.5, 0.6) is 0 Å². The average Bonchev–Trinajstić information content (AvgIpc) is 1.57. The maximum absolute atomic E-state index is 2.39. The van der Waals surface area contributed by atoms with Crippen LogP contribution in [-0.2, 0) is 5.41 Å². The highest BCUT2D eigenvalue weighted by Crippen LogP contribution is 2.51. The summed E-state index contributed by atoms with van der Waals surface area (Å²) >= 11 is 0. The van der Waals surface area contributed by atoms with Crippen molar-refractivity contribution in [3.63, 3.8) is 0 Å². The van der Waals surface area contributed by atoms with Gasteiger partial charge in [0.05, 0.1) is 0 Å². The molecule has 632 valence electrons. The van der Waals surface area contributed by atoms with E-state index >= 15 is 0 Å². The molecule has 21 rings (SSSR count). The molecule has 0 saturated carbocycles. The number of benzene rings is 20. The zero-order valence-corrected chi connectivity index (χ0v) is 74.9. The van der Waals surface area contributed by atoms with Crippen molar-refractivity contribution >= 4 is 45.5 Å². The molecule has 1 aliphatic carbocycles. The highest BCUT2D eigenvalue weighted by Gasteiger charge is 2.36. The van der Waals surface area contributed by atoms with Crippen molar-refractivity contribution in [1.82, 2.24) is 0 Å². The van der Waals surface area contributed by atoms with Gasteiger partial charge in [0.25, 0.3) is 0 Å². The summed E-state index contributed by atoms with van der Waals surface area (Å²) in [5.74, 6) is 0. The van der Waals surface area contributed by atoms with E-state index < -0.39 is 0 Å². The number of hydrogen-bond acceptors (Lipinski definition) is 4. The maximum atomic E-state index is 2.39. The molecule has 0 fully saturated rings. The first-order valence-electron chi connectivity index (χ1n) is 45.1. The molecule has 4 nitrogen and oxygen atoms in total. The minimum atomic E-state index is -0.0521. The van der Waals surface area contributed by atoms with Crippen molar-refractivity contribution < 1.29 is 0 Å². The fraction of sp³-hybridized carbons (Fsp3) is 0.0551. The second kappa shape index (κ2) is 40.1. The van der Waals surface area contributed by atoms with Gasteiger partial charge in [-0.05, 0) is 236 Å². The molecule has 0 saturated heterocycles. The van der Waals surface area contributed by atoms with Crippen molar-refractivity contribution in [2.45, 2.75) is 19.3 Å². The van der Waals surface area contributed by atoms with E-state index in [4.69, 9.17) is 0 Å². The molecule has 0 spiro atoms. The Kier molecular flexibility index (Phi) is 26.1. The average molecular weight is 1690 g/mol. The lowest BCUT2D eigenvalue weighted by molar-refractivity contribution is 0.660. The number of anilines is 8. The number of hydrogen-bond donors (Lipinski definition) is 0. The first kappa shape index (κ1) is 85.4. The zero-order chi connectivity index (χ0) is 89.3. The normalized spacial score (nSPS) is 11.3. The molecule has 20 aromatic carbocycles. The lowest BCUT2D eigenvalue weighted by Crippen LogP contribution is -2.16. The molecule has 0 N–H and O–H groups in total. The van der Waals surface area contributed by atoms with Gasteiger partial charge >= 0.3 is 0 Å². The number of para-hydroxylation sites is 1. The summed E-state index contributed by atoms with van der Waals surface area (Å²) in [5.41, 5.74) is 42.1. The Morgan fingerprint density at radius 2 is 0.321 bits per heavy atom. The smallest absolute Gasteiger partial charge is 0.0487 e. The fourth-order valence-electron chi connectivity index (χ4n) is 17.6. The van der Waals surface area contributed by atoms with Crippen LogP contribution < -0.4 is 19.6 Å². The van der Waals surface area contributed by atoms with Gasteiger partial charge in [-0.15, -0.1) is 0 Å². The summed E-state index contributed by atoms with van der Waals surface area (Å²) in [7, 11) is 8.52. The summed E-state index contributed by atoms with van der Waals surface area (Å²) in [4.78, 5) is 8.99. The SMILES string of the molecule is CN(c1ccc(-c2ccc(-c3ccccc3)cc2)cc1)c1cccc(-c2ccccc2)c1.CN(c1ccc(-c2ccc(-c3ccccc3)cc2)cc1)c1ccccc1-c1ccccc1.CN(c1ccc(-c2ccccc2)cc1)c1ccc(-c2ccc(-c3ccccc3)cc2)cc1.CN(c1ccc(-c2ccccc2)cc1)c1ccc2c(c1)C(C)(C)c1cc(-c3ccccc3)ccc1-2. The van der Waals surface area contributed by atoms with Crippen molar-refractivity contribution in [2.75, 3.05) is 47.8 Å². The predicted octanol–water partition coefficient (Wildman–Crippen LogP) is 34.5. The fourth-order valence-corrected chi connectivity index (χ4v) is 17.6. The minimum absolute atomic E-state index is 0.0521. The lowest BCUT2D eigenvalue weighted by atomic mass is 9.81. The van der Waals surface area contributed by atoms with Crippen LogP contribution in [-0.4, -0.2) is 28.2 Å². The topological polar surface area (TPSA) is 13.0 Å². The summed E-state index contributed by atoms with van der Waals surface area (Å²) in [6.07, 6.45) is 0. The van der Waals surface area contributed by atoms with Crippen molar-refractivity contribution in [1.29, 1.82) is 0 Å². The molecule has 131 heavy (non-hydrogen) atoms. The van der Waals surface area contributed by atoms with Gasteiger partial charge in [0.2, 0.25) is 0 Å². The first-order chi connectivity index (χ1) is 64.4. The van der Waals surface area contributed by atoms with Crippen molar-refractivity contribution in [3.05, 3.63) is 533 Å². The largest absolute Gasteiger partial charge is 0.345 e. The molecule has 0 aromatic heterocycles. The van der Waals surface area contributed by atoms with Crippen molar-refractivity contribution in [3.8, 4) is 134 Å². The van der Waals surface area contributed by atoms with E-state index in [2.05, 4.69) is 565 Å². The van der Waals surface area contributed by atoms with E-state index in [1.165, 1.54) is 184 Å². The molecule has 0 unspecified atom stereocenters. The number of rotatable bonds is 19. The number of nitrogens with zero attached hydrogens (tertiary/aromatic N) is 4. The van der Waals surface area contributed by atoms with Gasteiger partial charge in [-0.25, -0.2) is 0 Å². The number of fused-ring (bicyclic) bond motifs is 3. The van der Waals surface area contributed by atoms with E-state index in [1.807, 2.05) is 18.2 Å². The molecule has 20 aromatic rings. The van der Waals surface area contributed by atoms with Crippen molar-refractivity contribution in [2.24, 2.45) is 0 Å². The summed E-state index contributed by atoms with van der Waals surface area (Å²) < 4.78 is 0. The highest BCUT2D eigenvalue weighted by atomic mass is 15.1. The lowest BCUT2D eigenvalue weighted by Gasteiger charge is -2.25. The Balaban J connectivity index is 0.000000117. The second-order valence-corrected chi connectivity index (χ2v) is 33.8. The Hall–Kier alpha value is -16.4. The predicted molar refractivity (Wildman–Crippen MR) is 561 cm³/mol. The molecule has 1 aliphatic rings. The third-order valence-electron chi connectivity index (χ3n) is 25.3. The Morgan fingerprint density at radius 3 is 0.626 bits per heavy atom. The van der Waals surface area contributed by atoms with Crippen LogP contribution in [0.25, 0.3) is 134 Å². The third kappa shape index (κ3) is 19.9. The standard InChI is InChI=1S/C34H29N.3C31H25N/c1-34(2)32-22-27(25-12-8-5-9-13-25)16-20-30(32)31-21-19-29(23-33(31)34)35(3)28-17-14-26(15-18-28)24-10-6-4-7-11-24;1-32(31-15-9-8-14-30(31)28-12-6-3-7-13-28)29-22-20-27(21-23-29)26-18-16-25(17-19-26)24-10-4-2-5-11-24;1-32(31-14-8-13-29(23-31)25-11-6-3-7-12-25)30-21-19-28(20-22-30)27-17-15-26(16-18-27)24-9-4-2-5-10-24;1-32(30-20-16-28(17-21-30)25-10-6-3-7-11-25)31-22-18-29(19-23-31)27-14-12-26(13-15-27)24-8-4-2-5-9-24/h4-23H,1-3H3;3*2-23H,1H3. The molecule has 0 heterocycles. The van der Waals surface area contributed by atoms with Crippen LogP contribution in [0.1, 0.15) is 25.0 Å². The molecule has 0 radical (unpaired) electrons. The first-order valence-corrected chi connectivity index (χ1v) is 45.1. The Labute approximate surface area is 773 Å². The van der Waals surface area contributed by atoms with E-state index in [1.54, 1.807) is 0 Å². The highest BCUT2D eigenvalue weighted by molar-refractivity contribution is 5.88. The Morgan fingerprint density at radius 1 is 0.130 bits per heavy atom. The Bertz CT molecular complexity index is 7080. The van der Waals surface area contributed by atoms with Gasteiger partial charge in [-0.1, -0.05) is 438 Å². The van der Waals surface area contributed by atoms with E-state index in [-0.39, 0.29) is 5.41 Å². The quantitative estimate of drug-likeness (QED) is 0.0800. The molecular formula is C127H104N4. The van der Waals surface area contributed by atoms with Crippen LogP contribution in [0, 0.1) is 0 Å². The molecular weight excluding hydrogens is 1580 g/mol. The van der Waals surface area contributed by atoms with Crippen LogP contribution in [0.3, 0.4) is 0 Å². The molecule has 4 heteroatoms. The van der Waals surface area contributed by atoms with Gasteiger partial charge in [-0.2, -0.15) is 0 Å². The van der Waals surface area contributed by atoms with Gasteiger partial charge in [0.15, 0.2) is 0 Å². The minimum Gasteiger partial charge on any atom is -0.345 e. The van der Waals surface area contributed by atoms with E-state index in [0.29, 0.717) is 0 Å². The van der Waals surface area contributed by atoms with E-state index in [9.17, 15) is 0 Å². The molecule has 0 amide bonds. The molecule has 0 aliphatic heterocycles. The summed E-state index contributed by atoms with van der Waals surface area (Å²) in [5, 5.41) is 0. The zero-order valence-electron chi connectivity index (χ0n) is 74.9. The third-order valence-corrected chi connectivity index (χ3v) is 25.3.